The highest BCUT2D eigenvalue weighted by molar-refractivity contribution is 6.04. The molecule has 0 unspecified atom stereocenters. The van der Waals surface area contributed by atoms with Crippen molar-refractivity contribution in [2.75, 3.05) is 12.4 Å². The number of hydrogen-bond donors (Lipinski definition) is 2. The predicted molar refractivity (Wildman–Crippen MR) is 100.0 cm³/mol. The van der Waals surface area contributed by atoms with Gasteiger partial charge in [0, 0.05) is 19.7 Å². The van der Waals surface area contributed by atoms with E-state index in [4.69, 9.17) is 4.98 Å². The lowest BCUT2D eigenvalue weighted by Gasteiger charge is -2.29. The molecule has 4 rings (SSSR count). The normalized spacial score (nSPS) is 16.4. The number of nitrogens with one attached hydrogen (secondary N) is 2. The Hall–Kier alpha value is -2.82. The molecular weight excluding hydrogens is 312 g/mol. The number of anilines is 1. The first kappa shape index (κ1) is 15.7. The van der Waals surface area contributed by atoms with Gasteiger partial charge in [0.15, 0.2) is 0 Å². The van der Waals surface area contributed by atoms with Gasteiger partial charge in [-0.25, -0.2) is 4.98 Å². The quantitative estimate of drug-likeness (QED) is 0.756. The van der Waals surface area contributed by atoms with Gasteiger partial charge in [-0.15, -0.1) is 0 Å². The standard InChI is InChI=1S/C20H22N4O/c1-12-22-19-17(24(12)3)11-15(20(25)21-2)14-9-10-16(23-18(14)19)13-7-5-4-6-8-13/h4-8,11,16,23H,9-10H2,1-3H3,(H,21,25)/t16-/m0/s1. The fourth-order valence-electron chi connectivity index (χ4n) is 3.70. The van der Waals surface area contributed by atoms with Crippen LogP contribution in [0.25, 0.3) is 11.0 Å². The van der Waals surface area contributed by atoms with Gasteiger partial charge < -0.3 is 15.2 Å². The van der Waals surface area contributed by atoms with E-state index < -0.39 is 0 Å². The highest BCUT2D eigenvalue weighted by atomic mass is 16.1. The van der Waals surface area contributed by atoms with E-state index in [2.05, 4.69) is 34.9 Å². The van der Waals surface area contributed by atoms with E-state index in [1.54, 1.807) is 7.05 Å². The summed E-state index contributed by atoms with van der Waals surface area (Å²) < 4.78 is 2.04. The van der Waals surface area contributed by atoms with Gasteiger partial charge in [-0.05, 0) is 37.0 Å². The second kappa shape index (κ2) is 5.92. The van der Waals surface area contributed by atoms with Gasteiger partial charge >= 0.3 is 0 Å². The maximum atomic E-state index is 12.4. The Morgan fingerprint density at radius 2 is 2.08 bits per heavy atom. The summed E-state index contributed by atoms with van der Waals surface area (Å²) in [6.07, 6.45) is 1.81. The molecule has 25 heavy (non-hydrogen) atoms. The van der Waals surface area contributed by atoms with Gasteiger partial charge in [0.2, 0.25) is 0 Å². The zero-order chi connectivity index (χ0) is 17.6. The van der Waals surface area contributed by atoms with Crippen molar-refractivity contribution in [3.05, 3.63) is 58.9 Å². The number of carbonyl (C=O) groups excluding carboxylic acids is 1. The van der Waals surface area contributed by atoms with Crippen molar-refractivity contribution in [1.82, 2.24) is 14.9 Å². The zero-order valence-corrected chi connectivity index (χ0v) is 14.8. The molecule has 1 amide bonds. The fourth-order valence-corrected chi connectivity index (χ4v) is 3.70. The zero-order valence-electron chi connectivity index (χ0n) is 14.8. The SMILES string of the molecule is CNC(=O)c1cc2c(nc(C)n2C)c2c1CC[C@@H](c1ccccc1)N2. The number of aromatic nitrogens is 2. The summed E-state index contributed by atoms with van der Waals surface area (Å²) in [7, 11) is 3.67. The highest BCUT2D eigenvalue weighted by Crippen LogP contribution is 2.39. The summed E-state index contributed by atoms with van der Waals surface area (Å²) in [5.74, 6) is 0.895. The average molecular weight is 334 g/mol. The molecular formula is C20H22N4O. The lowest BCUT2D eigenvalue weighted by Crippen LogP contribution is -2.24. The Kier molecular flexibility index (Phi) is 3.71. The Labute approximate surface area is 147 Å². The minimum atomic E-state index is -0.0445. The van der Waals surface area contributed by atoms with Crippen LogP contribution in [0, 0.1) is 6.92 Å². The van der Waals surface area contributed by atoms with Gasteiger partial charge in [0.05, 0.1) is 17.2 Å². The molecule has 0 fully saturated rings. The molecule has 2 heterocycles. The number of imidazole rings is 1. The molecule has 2 aromatic carbocycles. The summed E-state index contributed by atoms with van der Waals surface area (Å²) in [5.41, 5.74) is 6.00. The van der Waals surface area contributed by atoms with Crippen LogP contribution in [0.3, 0.4) is 0 Å². The first-order chi connectivity index (χ1) is 12.1. The molecule has 1 aromatic heterocycles. The molecule has 0 aliphatic carbocycles. The fraction of sp³-hybridized carbons (Fsp3) is 0.300. The van der Waals surface area contributed by atoms with Crippen LogP contribution in [-0.4, -0.2) is 22.5 Å². The number of nitrogens with zero attached hydrogens (tertiary/aromatic N) is 2. The third-order valence-corrected chi connectivity index (χ3v) is 5.18. The van der Waals surface area contributed by atoms with Crippen molar-refractivity contribution in [2.24, 2.45) is 7.05 Å². The predicted octanol–water partition coefficient (Wildman–Crippen LogP) is 3.34. The van der Waals surface area contributed by atoms with Crippen molar-refractivity contribution in [2.45, 2.75) is 25.8 Å². The smallest absolute Gasteiger partial charge is 0.251 e. The average Bonchev–Trinajstić information content (AvgIpc) is 2.95. The number of amides is 1. The highest BCUT2D eigenvalue weighted by Gasteiger charge is 2.27. The Balaban J connectivity index is 1.90. The topological polar surface area (TPSA) is 59.0 Å². The second-order valence-electron chi connectivity index (χ2n) is 6.59. The molecule has 0 radical (unpaired) electrons. The summed E-state index contributed by atoms with van der Waals surface area (Å²) in [4.78, 5) is 17.2. The molecule has 0 saturated carbocycles. The lowest BCUT2D eigenvalue weighted by atomic mass is 9.89. The van der Waals surface area contributed by atoms with Crippen molar-refractivity contribution in [3.63, 3.8) is 0 Å². The molecule has 0 bridgehead atoms. The number of hydrogen-bond acceptors (Lipinski definition) is 3. The number of aryl methyl sites for hydroxylation is 2. The van der Waals surface area contributed by atoms with Gasteiger partial charge in [0.25, 0.3) is 5.91 Å². The van der Waals surface area contributed by atoms with Crippen LogP contribution in [0.15, 0.2) is 36.4 Å². The maximum Gasteiger partial charge on any atom is 0.251 e. The van der Waals surface area contributed by atoms with Crippen LogP contribution in [0.5, 0.6) is 0 Å². The molecule has 128 valence electrons. The molecule has 1 aliphatic heterocycles. The van der Waals surface area contributed by atoms with E-state index in [9.17, 15) is 4.79 Å². The Morgan fingerprint density at radius 3 is 2.80 bits per heavy atom. The molecule has 0 spiro atoms. The van der Waals surface area contributed by atoms with E-state index in [0.29, 0.717) is 0 Å². The molecule has 5 heteroatoms. The van der Waals surface area contributed by atoms with Crippen molar-refractivity contribution in [3.8, 4) is 0 Å². The van der Waals surface area contributed by atoms with Crippen molar-refractivity contribution >= 4 is 22.6 Å². The van der Waals surface area contributed by atoms with Crippen molar-refractivity contribution < 1.29 is 4.79 Å². The summed E-state index contributed by atoms with van der Waals surface area (Å²) in [5, 5.41) is 6.43. The van der Waals surface area contributed by atoms with Crippen LogP contribution in [0.4, 0.5) is 5.69 Å². The van der Waals surface area contributed by atoms with Crippen LogP contribution in [-0.2, 0) is 13.5 Å². The van der Waals surface area contributed by atoms with Gasteiger partial charge in [0.1, 0.15) is 11.3 Å². The Bertz CT molecular complexity index is 959. The van der Waals surface area contributed by atoms with Crippen molar-refractivity contribution in [1.29, 1.82) is 0 Å². The van der Waals surface area contributed by atoms with E-state index in [-0.39, 0.29) is 11.9 Å². The molecule has 1 atom stereocenters. The minimum Gasteiger partial charge on any atom is -0.376 e. The number of benzene rings is 2. The Morgan fingerprint density at radius 1 is 1.32 bits per heavy atom. The van der Waals surface area contributed by atoms with Gasteiger partial charge in [-0.2, -0.15) is 0 Å². The minimum absolute atomic E-state index is 0.0445. The van der Waals surface area contributed by atoms with Crippen LogP contribution in [0.1, 0.15) is 39.8 Å². The number of rotatable bonds is 2. The van der Waals surface area contributed by atoms with E-state index in [1.165, 1.54) is 5.56 Å². The lowest BCUT2D eigenvalue weighted by molar-refractivity contribution is 0.0962. The maximum absolute atomic E-state index is 12.4. The molecule has 1 aliphatic rings. The third kappa shape index (κ3) is 2.47. The summed E-state index contributed by atoms with van der Waals surface area (Å²) in [6, 6.07) is 12.7. The summed E-state index contributed by atoms with van der Waals surface area (Å²) in [6.45, 7) is 1.99. The van der Waals surface area contributed by atoms with Crippen LogP contribution in [0.2, 0.25) is 0 Å². The monoisotopic (exact) mass is 334 g/mol. The molecule has 2 N–H and O–H groups in total. The van der Waals surface area contributed by atoms with Gasteiger partial charge in [-0.1, -0.05) is 30.3 Å². The molecule has 3 aromatic rings. The second-order valence-corrected chi connectivity index (χ2v) is 6.59. The van der Waals surface area contributed by atoms with Crippen LogP contribution >= 0.6 is 0 Å². The third-order valence-electron chi connectivity index (χ3n) is 5.18. The largest absolute Gasteiger partial charge is 0.376 e. The number of fused-ring (bicyclic) bond motifs is 3. The molecule has 0 saturated heterocycles. The van der Waals surface area contributed by atoms with Crippen LogP contribution < -0.4 is 10.6 Å². The number of carbonyl (C=O) groups is 1. The van der Waals surface area contributed by atoms with E-state index in [0.717, 1.165) is 46.5 Å². The first-order valence-electron chi connectivity index (χ1n) is 8.62. The van der Waals surface area contributed by atoms with Gasteiger partial charge in [-0.3, -0.25) is 4.79 Å². The summed E-state index contributed by atoms with van der Waals surface area (Å²) >= 11 is 0. The van der Waals surface area contributed by atoms with E-state index >= 15 is 0 Å². The molecule has 5 nitrogen and oxygen atoms in total. The first-order valence-corrected chi connectivity index (χ1v) is 8.62. The van der Waals surface area contributed by atoms with E-state index in [1.807, 2.05) is 30.7 Å².